The molecule has 0 radical (unpaired) electrons. The molecule has 0 aliphatic heterocycles. The Kier molecular flexibility index (Phi) is 5.42. The first-order chi connectivity index (χ1) is 14.6. The molecule has 2 aromatic carbocycles. The summed E-state index contributed by atoms with van der Waals surface area (Å²) in [6.45, 7) is 0.501. The Morgan fingerprint density at radius 1 is 1.10 bits per heavy atom. The van der Waals surface area contributed by atoms with Crippen LogP contribution in [0.1, 0.15) is 11.1 Å². The molecule has 0 bridgehead atoms. The maximum Gasteiger partial charge on any atom is 0.248 e. The molecule has 1 N–H and O–H groups in total. The number of nitrogens with one attached hydrogen (secondary N) is 1. The third kappa shape index (κ3) is 4.46. The van der Waals surface area contributed by atoms with Gasteiger partial charge in [0.25, 0.3) is 0 Å². The van der Waals surface area contributed by atoms with Crippen molar-refractivity contribution in [2.24, 2.45) is 7.05 Å². The second-order valence-electron chi connectivity index (χ2n) is 6.56. The summed E-state index contributed by atoms with van der Waals surface area (Å²) < 4.78 is 14.9. The molecule has 0 fully saturated rings. The number of aryl methyl sites for hydroxylation is 1. The first kappa shape index (κ1) is 19.2. The summed E-state index contributed by atoms with van der Waals surface area (Å²) in [4.78, 5) is 13.8. The zero-order chi connectivity index (χ0) is 20.9. The average molecular weight is 403 g/mol. The van der Waals surface area contributed by atoms with E-state index in [2.05, 4.69) is 25.8 Å². The Bertz CT molecular complexity index is 1160. The van der Waals surface area contributed by atoms with E-state index in [4.69, 9.17) is 0 Å². The van der Waals surface area contributed by atoms with Crippen molar-refractivity contribution in [1.82, 2.24) is 30.0 Å². The van der Waals surface area contributed by atoms with Crippen molar-refractivity contribution in [2.45, 2.75) is 6.54 Å². The molecule has 4 rings (SSSR count). The van der Waals surface area contributed by atoms with Gasteiger partial charge in [-0.3, -0.25) is 9.48 Å². The van der Waals surface area contributed by atoms with Crippen LogP contribution in [0.4, 0.5) is 10.1 Å². The van der Waals surface area contributed by atoms with E-state index in [1.54, 1.807) is 36.1 Å². The summed E-state index contributed by atoms with van der Waals surface area (Å²) in [6.07, 6.45) is 6.17. The highest BCUT2D eigenvalue weighted by molar-refractivity contribution is 6.02. The molecule has 0 spiro atoms. The van der Waals surface area contributed by atoms with Crippen molar-refractivity contribution in [3.05, 3.63) is 84.1 Å². The highest BCUT2D eigenvalue weighted by Crippen LogP contribution is 2.24. The summed E-state index contributed by atoms with van der Waals surface area (Å²) in [6, 6.07) is 13.5. The molecular formula is C21H18FN7O. The minimum absolute atomic E-state index is 0.269. The van der Waals surface area contributed by atoms with Crippen LogP contribution in [-0.2, 0) is 18.4 Å². The van der Waals surface area contributed by atoms with Crippen LogP contribution >= 0.6 is 0 Å². The fourth-order valence-electron chi connectivity index (χ4n) is 3.00. The van der Waals surface area contributed by atoms with E-state index < -0.39 is 0 Å². The number of hydrogen-bond acceptors (Lipinski definition) is 5. The number of carbonyl (C=O) groups is 1. The third-order valence-corrected chi connectivity index (χ3v) is 4.44. The van der Waals surface area contributed by atoms with E-state index in [0.29, 0.717) is 12.2 Å². The standard InChI is InChI=1S/C21H18FN7O/c1-28-21(16-4-7-18(22)8-5-16)17(12-24-28)6-11-20(30)26-19-9-2-15(3-10-19)13-29-25-14-23-27-29/h2-12,14H,13H2,1H3,(H,26,30). The second-order valence-corrected chi connectivity index (χ2v) is 6.56. The molecule has 2 aromatic heterocycles. The quantitative estimate of drug-likeness (QED) is 0.500. The number of anilines is 1. The Balaban J connectivity index is 1.42. The van der Waals surface area contributed by atoms with Gasteiger partial charge in [-0.15, -0.1) is 10.2 Å². The number of rotatable bonds is 6. The largest absolute Gasteiger partial charge is 0.323 e. The van der Waals surface area contributed by atoms with Gasteiger partial charge in [0.15, 0.2) is 6.33 Å². The average Bonchev–Trinajstić information content (AvgIpc) is 3.38. The molecule has 0 saturated carbocycles. The van der Waals surface area contributed by atoms with Crippen LogP contribution in [0.15, 0.2) is 67.1 Å². The highest BCUT2D eigenvalue weighted by atomic mass is 19.1. The lowest BCUT2D eigenvalue weighted by Gasteiger charge is -2.05. The fraction of sp³-hybridized carbons (Fsp3) is 0.0952. The normalized spacial score (nSPS) is 11.1. The van der Waals surface area contributed by atoms with Crippen LogP contribution in [0.5, 0.6) is 0 Å². The highest BCUT2D eigenvalue weighted by Gasteiger charge is 2.09. The van der Waals surface area contributed by atoms with E-state index in [-0.39, 0.29) is 11.7 Å². The Morgan fingerprint density at radius 3 is 2.57 bits per heavy atom. The molecular weight excluding hydrogens is 385 g/mol. The minimum atomic E-state index is -0.305. The van der Waals surface area contributed by atoms with E-state index in [0.717, 1.165) is 22.4 Å². The lowest BCUT2D eigenvalue weighted by Crippen LogP contribution is -2.08. The van der Waals surface area contributed by atoms with Crippen molar-refractivity contribution >= 4 is 17.7 Å². The van der Waals surface area contributed by atoms with Gasteiger partial charge in [-0.25, -0.2) is 4.39 Å². The van der Waals surface area contributed by atoms with Crippen molar-refractivity contribution in [3.63, 3.8) is 0 Å². The van der Waals surface area contributed by atoms with E-state index in [1.807, 2.05) is 24.3 Å². The molecule has 9 heteroatoms. The van der Waals surface area contributed by atoms with Crippen LogP contribution < -0.4 is 5.32 Å². The first-order valence-corrected chi connectivity index (χ1v) is 9.15. The molecule has 2 heterocycles. The number of hydrogen-bond donors (Lipinski definition) is 1. The number of tetrazole rings is 1. The fourth-order valence-corrected chi connectivity index (χ4v) is 3.00. The van der Waals surface area contributed by atoms with Crippen molar-refractivity contribution in [1.29, 1.82) is 0 Å². The van der Waals surface area contributed by atoms with Gasteiger partial charge in [0.05, 0.1) is 18.4 Å². The smallest absolute Gasteiger partial charge is 0.248 e. The Morgan fingerprint density at radius 2 is 1.87 bits per heavy atom. The number of halogens is 1. The van der Waals surface area contributed by atoms with Crippen LogP contribution in [0.2, 0.25) is 0 Å². The predicted octanol–water partition coefficient (Wildman–Crippen LogP) is 2.91. The Hall–Kier alpha value is -4.14. The zero-order valence-electron chi connectivity index (χ0n) is 16.1. The molecule has 150 valence electrons. The summed E-state index contributed by atoms with van der Waals surface area (Å²) in [5.74, 6) is -0.574. The van der Waals surface area contributed by atoms with Gasteiger partial charge < -0.3 is 5.32 Å². The summed E-state index contributed by atoms with van der Waals surface area (Å²) in [5, 5.41) is 18.5. The lowest BCUT2D eigenvalue weighted by molar-refractivity contribution is -0.111. The number of nitrogens with zero attached hydrogens (tertiary/aromatic N) is 6. The van der Waals surface area contributed by atoms with Crippen LogP contribution in [-0.4, -0.2) is 35.9 Å². The van der Waals surface area contributed by atoms with Crippen molar-refractivity contribution in [2.75, 3.05) is 5.32 Å². The second kappa shape index (κ2) is 8.48. The summed E-state index contributed by atoms with van der Waals surface area (Å²) in [5.41, 5.74) is 4.03. The predicted molar refractivity (Wildman–Crippen MR) is 110 cm³/mol. The summed E-state index contributed by atoms with van der Waals surface area (Å²) >= 11 is 0. The molecule has 0 atom stereocenters. The van der Waals surface area contributed by atoms with Crippen molar-refractivity contribution < 1.29 is 9.18 Å². The molecule has 30 heavy (non-hydrogen) atoms. The van der Waals surface area contributed by atoms with Gasteiger partial charge in [-0.2, -0.15) is 9.90 Å². The number of benzene rings is 2. The molecule has 4 aromatic rings. The van der Waals surface area contributed by atoms with Gasteiger partial charge in [-0.05, 0) is 53.3 Å². The van der Waals surface area contributed by atoms with Gasteiger partial charge >= 0.3 is 0 Å². The lowest BCUT2D eigenvalue weighted by atomic mass is 10.1. The SMILES string of the molecule is Cn1ncc(C=CC(=O)Nc2ccc(Cn3ncnn3)cc2)c1-c1ccc(F)cc1. The molecule has 0 unspecified atom stereocenters. The molecule has 0 aliphatic rings. The number of amides is 1. The van der Waals surface area contributed by atoms with Crippen LogP contribution in [0.25, 0.3) is 17.3 Å². The van der Waals surface area contributed by atoms with E-state index >= 15 is 0 Å². The monoisotopic (exact) mass is 403 g/mol. The van der Waals surface area contributed by atoms with Crippen LogP contribution in [0, 0.1) is 5.82 Å². The topological polar surface area (TPSA) is 90.5 Å². The number of carbonyl (C=O) groups excluding carboxylic acids is 1. The maximum absolute atomic E-state index is 13.2. The molecule has 0 saturated heterocycles. The third-order valence-electron chi connectivity index (χ3n) is 4.44. The summed E-state index contributed by atoms with van der Waals surface area (Å²) in [7, 11) is 1.80. The molecule has 8 nitrogen and oxygen atoms in total. The van der Waals surface area contributed by atoms with Gasteiger partial charge in [0, 0.05) is 29.9 Å². The van der Waals surface area contributed by atoms with Gasteiger partial charge in [-0.1, -0.05) is 12.1 Å². The van der Waals surface area contributed by atoms with Gasteiger partial charge in [0.1, 0.15) is 5.82 Å². The van der Waals surface area contributed by atoms with Gasteiger partial charge in [0.2, 0.25) is 5.91 Å². The number of aromatic nitrogens is 6. The van der Waals surface area contributed by atoms with E-state index in [1.165, 1.54) is 29.3 Å². The first-order valence-electron chi connectivity index (χ1n) is 9.15. The van der Waals surface area contributed by atoms with E-state index in [9.17, 15) is 9.18 Å². The van der Waals surface area contributed by atoms with Crippen molar-refractivity contribution in [3.8, 4) is 11.3 Å². The van der Waals surface area contributed by atoms with Crippen LogP contribution in [0.3, 0.4) is 0 Å². The molecule has 0 aliphatic carbocycles. The zero-order valence-corrected chi connectivity index (χ0v) is 16.1. The maximum atomic E-state index is 13.2. The minimum Gasteiger partial charge on any atom is -0.323 e. The Labute approximate surface area is 171 Å². The molecule has 1 amide bonds.